The first-order valence-electron chi connectivity index (χ1n) is 6.52. The lowest BCUT2D eigenvalue weighted by Crippen LogP contribution is -2.18. The van der Waals surface area contributed by atoms with E-state index in [9.17, 15) is 17.6 Å². The molecule has 0 spiro atoms. The fourth-order valence-corrected chi connectivity index (χ4v) is 1.91. The minimum atomic E-state index is -4.97. The molecule has 0 fully saturated rings. The van der Waals surface area contributed by atoms with Crippen molar-refractivity contribution in [3.05, 3.63) is 60.3 Å². The maximum absolute atomic E-state index is 13.7. The second kappa shape index (κ2) is 6.32. The molecule has 1 aromatic heterocycles. The SMILES string of the molecule is Fc1cc(C2C=C(Oc3cncnc3)NO2)ccc1OC(F)(F)F. The highest BCUT2D eigenvalue weighted by Crippen LogP contribution is 2.31. The molecule has 1 unspecified atom stereocenters. The zero-order chi connectivity index (χ0) is 17.2. The maximum Gasteiger partial charge on any atom is 0.573 e. The van der Waals surface area contributed by atoms with E-state index in [0.29, 0.717) is 5.75 Å². The first kappa shape index (κ1) is 16.0. The zero-order valence-corrected chi connectivity index (χ0v) is 11.7. The summed E-state index contributed by atoms with van der Waals surface area (Å²) in [5.74, 6) is -1.52. The third-order valence-electron chi connectivity index (χ3n) is 2.86. The Kier molecular flexibility index (Phi) is 4.21. The van der Waals surface area contributed by atoms with Gasteiger partial charge in [-0.1, -0.05) is 6.07 Å². The number of halogens is 4. The second-order valence-corrected chi connectivity index (χ2v) is 4.59. The van der Waals surface area contributed by atoms with Crippen LogP contribution >= 0.6 is 0 Å². The molecule has 1 aliphatic rings. The van der Waals surface area contributed by atoms with Crippen molar-refractivity contribution < 1.29 is 31.9 Å². The molecule has 0 bridgehead atoms. The summed E-state index contributed by atoms with van der Waals surface area (Å²) in [5.41, 5.74) is 2.75. The van der Waals surface area contributed by atoms with Crippen molar-refractivity contribution in [1.82, 2.24) is 15.4 Å². The molecule has 6 nitrogen and oxygen atoms in total. The fourth-order valence-electron chi connectivity index (χ4n) is 1.91. The van der Waals surface area contributed by atoms with Crippen LogP contribution < -0.4 is 15.0 Å². The largest absolute Gasteiger partial charge is 0.573 e. The van der Waals surface area contributed by atoms with E-state index in [0.717, 1.165) is 12.1 Å². The highest BCUT2D eigenvalue weighted by atomic mass is 19.4. The van der Waals surface area contributed by atoms with Crippen molar-refractivity contribution >= 4 is 0 Å². The third kappa shape index (κ3) is 3.90. The predicted molar refractivity (Wildman–Crippen MR) is 70.8 cm³/mol. The predicted octanol–water partition coefficient (Wildman–Crippen LogP) is 3.01. The summed E-state index contributed by atoms with van der Waals surface area (Å²) in [5, 5.41) is 0. The first-order chi connectivity index (χ1) is 11.4. The summed E-state index contributed by atoms with van der Waals surface area (Å²) < 4.78 is 59.0. The number of ether oxygens (including phenoxy) is 2. The Hall–Kier alpha value is -2.88. The van der Waals surface area contributed by atoms with Crippen LogP contribution in [0.3, 0.4) is 0 Å². The van der Waals surface area contributed by atoms with Gasteiger partial charge >= 0.3 is 6.36 Å². The van der Waals surface area contributed by atoms with Crippen LogP contribution in [-0.4, -0.2) is 16.3 Å². The van der Waals surface area contributed by atoms with Gasteiger partial charge in [0.25, 0.3) is 0 Å². The van der Waals surface area contributed by atoms with Gasteiger partial charge in [-0.3, -0.25) is 4.84 Å². The van der Waals surface area contributed by atoms with Crippen LogP contribution in [0.25, 0.3) is 0 Å². The van der Waals surface area contributed by atoms with Crippen molar-refractivity contribution in [3.8, 4) is 11.5 Å². The standard InChI is InChI=1S/C14H9F4N3O3/c15-10-3-8(1-2-11(10)23-14(16,17)18)12-4-13(21-24-12)22-9-5-19-7-20-6-9/h1-7,12,21H. The van der Waals surface area contributed by atoms with Gasteiger partial charge in [-0.15, -0.1) is 13.2 Å². The summed E-state index contributed by atoms with van der Waals surface area (Å²) >= 11 is 0. The van der Waals surface area contributed by atoms with Crippen molar-refractivity contribution in [2.45, 2.75) is 12.5 Å². The number of aromatic nitrogens is 2. The third-order valence-corrected chi connectivity index (χ3v) is 2.86. The Balaban J connectivity index is 1.72. The van der Waals surface area contributed by atoms with Gasteiger partial charge in [0.2, 0.25) is 5.88 Å². The molecule has 3 rings (SSSR count). The molecule has 2 aromatic rings. The van der Waals surface area contributed by atoms with Gasteiger partial charge in [0, 0.05) is 6.08 Å². The van der Waals surface area contributed by atoms with Crippen LogP contribution in [0.1, 0.15) is 11.7 Å². The molecule has 1 aromatic carbocycles. The molecule has 1 aliphatic heterocycles. The summed E-state index contributed by atoms with van der Waals surface area (Å²) in [6.45, 7) is 0. The molecule has 2 heterocycles. The second-order valence-electron chi connectivity index (χ2n) is 4.59. The van der Waals surface area contributed by atoms with Crippen molar-refractivity contribution in [3.63, 3.8) is 0 Å². The average molecular weight is 343 g/mol. The van der Waals surface area contributed by atoms with Crippen LogP contribution in [-0.2, 0) is 4.84 Å². The fraction of sp³-hybridized carbons (Fsp3) is 0.143. The topological polar surface area (TPSA) is 65.5 Å². The van der Waals surface area contributed by atoms with Crippen LogP contribution in [0, 0.1) is 5.82 Å². The molecule has 126 valence electrons. The van der Waals surface area contributed by atoms with Crippen LogP contribution in [0.2, 0.25) is 0 Å². The molecule has 0 saturated carbocycles. The molecule has 24 heavy (non-hydrogen) atoms. The Bertz CT molecular complexity index is 753. The number of hydroxylamine groups is 1. The number of hydrogen-bond donors (Lipinski definition) is 1. The summed E-state index contributed by atoms with van der Waals surface area (Å²) in [4.78, 5) is 12.7. The quantitative estimate of drug-likeness (QED) is 0.861. The lowest BCUT2D eigenvalue weighted by atomic mass is 10.1. The van der Waals surface area contributed by atoms with Gasteiger partial charge in [0.05, 0.1) is 12.4 Å². The van der Waals surface area contributed by atoms with E-state index in [-0.39, 0.29) is 11.4 Å². The van der Waals surface area contributed by atoms with E-state index >= 15 is 0 Å². The van der Waals surface area contributed by atoms with Gasteiger partial charge in [0.15, 0.2) is 17.3 Å². The Labute approximate surface area is 132 Å². The monoisotopic (exact) mass is 343 g/mol. The number of nitrogens with zero attached hydrogens (tertiary/aromatic N) is 2. The van der Waals surface area contributed by atoms with Gasteiger partial charge in [-0.2, -0.15) is 0 Å². The number of benzene rings is 1. The molecule has 1 atom stereocenters. The highest BCUT2D eigenvalue weighted by molar-refractivity contribution is 5.33. The van der Waals surface area contributed by atoms with E-state index < -0.39 is 24.0 Å². The molecule has 0 aliphatic carbocycles. The molecule has 10 heteroatoms. The van der Waals surface area contributed by atoms with Crippen LogP contribution in [0.4, 0.5) is 17.6 Å². The van der Waals surface area contributed by atoms with E-state index in [2.05, 4.69) is 20.2 Å². The van der Waals surface area contributed by atoms with E-state index in [1.54, 1.807) is 0 Å². The minimum absolute atomic E-state index is 0.214. The highest BCUT2D eigenvalue weighted by Gasteiger charge is 2.32. The molecule has 0 saturated heterocycles. The van der Waals surface area contributed by atoms with Crippen molar-refractivity contribution in [2.75, 3.05) is 0 Å². The number of hydrogen-bond acceptors (Lipinski definition) is 6. The molecular formula is C14H9F4N3O3. The zero-order valence-electron chi connectivity index (χ0n) is 11.7. The number of rotatable bonds is 4. The number of alkyl halides is 3. The molecular weight excluding hydrogens is 334 g/mol. The van der Waals surface area contributed by atoms with Gasteiger partial charge in [0.1, 0.15) is 12.4 Å². The van der Waals surface area contributed by atoms with Crippen molar-refractivity contribution in [2.24, 2.45) is 0 Å². The first-order valence-corrected chi connectivity index (χ1v) is 6.52. The normalized spacial score (nSPS) is 17.2. The smallest absolute Gasteiger partial charge is 0.436 e. The minimum Gasteiger partial charge on any atom is -0.436 e. The van der Waals surface area contributed by atoms with Crippen LogP contribution in [0.5, 0.6) is 11.5 Å². The molecule has 0 radical (unpaired) electrons. The Morgan fingerprint density at radius 3 is 2.58 bits per heavy atom. The van der Waals surface area contributed by atoms with Crippen LogP contribution in [0.15, 0.2) is 48.9 Å². The van der Waals surface area contributed by atoms with E-state index in [1.807, 2.05) is 0 Å². The maximum atomic E-state index is 13.7. The summed E-state index contributed by atoms with van der Waals surface area (Å²) in [6, 6.07) is 3.01. The lowest BCUT2D eigenvalue weighted by Gasteiger charge is -2.12. The lowest BCUT2D eigenvalue weighted by molar-refractivity contribution is -0.275. The number of nitrogens with one attached hydrogen (secondary N) is 1. The summed E-state index contributed by atoms with van der Waals surface area (Å²) in [6.07, 6.45) is -0.0643. The van der Waals surface area contributed by atoms with Gasteiger partial charge < -0.3 is 9.47 Å². The average Bonchev–Trinajstić information content (AvgIpc) is 2.97. The van der Waals surface area contributed by atoms with E-state index in [1.165, 1.54) is 30.9 Å². The summed E-state index contributed by atoms with van der Waals surface area (Å²) in [7, 11) is 0. The van der Waals surface area contributed by atoms with Gasteiger partial charge in [-0.05, 0) is 17.7 Å². The Morgan fingerprint density at radius 1 is 1.17 bits per heavy atom. The van der Waals surface area contributed by atoms with Crippen molar-refractivity contribution in [1.29, 1.82) is 0 Å². The van der Waals surface area contributed by atoms with E-state index in [4.69, 9.17) is 9.57 Å². The van der Waals surface area contributed by atoms with Gasteiger partial charge in [-0.25, -0.2) is 19.8 Å². The molecule has 1 N–H and O–H groups in total. The molecule has 0 amide bonds. The Morgan fingerprint density at radius 2 is 1.92 bits per heavy atom.